The lowest BCUT2D eigenvalue weighted by atomic mass is 10.2. The van der Waals surface area contributed by atoms with E-state index in [2.05, 4.69) is 56.6 Å². The minimum absolute atomic E-state index is 0.399. The highest BCUT2D eigenvalue weighted by Gasteiger charge is 2.13. The smallest absolute Gasteiger partial charge is 0.270 e. The first-order valence-corrected chi connectivity index (χ1v) is 9.24. The van der Waals surface area contributed by atoms with E-state index < -0.39 is 11.8 Å². The molecule has 2 aromatic rings. The lowest BCUT2D eigenvalue weighted by Crippen LogP contribution is -2.41. The fraction of sp³-hybridized carbons (Fsp3) is 0.222. The van der Waals surface area contributed by atoms with E-state index in [1.807, 2.05) is 0 Å². The zero-order chi connectivity index (χ0) is 18.4. The molecule has 0 bridgehead atoms. The lowest BCUT2D eigenvalue weighted by Gasteiger charge is -2.12. The molecule has 2 aromatic carbocycles. The van der Waals surface area contributed by atoms with Gasteiger partial charge in [-0.05, 0) is 68.1 Å². The molecular formula is C18H18Br2N2O3. The standard InChI is InChI=1S/C18H18Br2N2O3/c1-11(2)10-25-16-8-7-12(9-15(16)20)17(23)21-22-18(24)13-5-3-4-6-14(13)19/h3-9,11H,10H2,1-2H3,(H,21,23)(H,22,24). The van der Waals surface area contributed by atoms with Gasteiger partial charge in [0.25, 0.3) is 11.8 Å². The number of carbonyl (C=O) groups is 2. The Morgan fingerprint density at radius 1 is 1.00 bits per heavy atom. The molecule has 2 N–H and O–H groups in total. The third kappa shape index (κ3) is 5.57. The van der Waals surface area contributed by atoms with Crippen molar-refractivity contribution in [1.29, 1.82) is 0 Å². The second kappa shape index (κ2) is 9.01. The fourth-order valence-electron chi connectivity index (χ4n) is 1.91. The molecule has 0 fully saturated rings. The molecule has 0 aliphatic carbocycles. The van der Waals surface area contributed by atoms with Crippen molar-refractivity contribution in [1.82, 2.24) is 10.9 Å². The van der Waals surface area contributed by atoms with Crippen LogP contribution in [0.2, 0.25) is 0 Å². The minimum atomic E-state index is -0.420. The molecular weight excluding hydrogens is 452 g/mol. The van der Waals surface area contributed by atoms with Crippen molar-refractivity contribution in [3.63, 3.8) is 0 Å². The topological polar surface area (TPSA) is 67.4 Å². The largest absolute Gasteiger partial charge is 0.492 e. The van der Waals surface area contributed by atoms with Gasteiger partial charge in [0, 0.05) is 10.0 Å². The van der Waals surface area contributed by atoms with Crippen LogP contribution in [-0.2, 0) is 0 Å². The molecule has 0 saturated heterocycles. The van der Waals surface area contributed by atoms with Crippen LogP contribution in [0.1, 0.15) is 34.6 Å². The van der Waals surface area contributed by atoms with Crippen molar-refractivity contribution in [2.45, 2.75) is 13.8 Å². The highest BCUT2D eigenvalue weighted by molar-refractivity contribution is 9.10. The van der Waals surface area contributed by atoms with Crippen molar-refractivity contribution >= 4 is 43.7 Å². The maximum absolute atomic E-state index is 12.2. The van der Waals surface area contributed by atoms with Gasteiger partial charge in [-0.2, -0.15) is 0 Å². The van der Waals surface area contributed by atoms with E-state index in [-0.39, 0.29) is 0 Å². The Morgan fingerprint density at radius 3 is 2.32 bits per heavy atom. The normalized spacial score (nSPS) is 10.4. The number of ether oxygens (including phenoxy) is 1. The summed E-state index contributed by atoms with van der Waals surface area (Å²) in [5, 5.41) is 0. The average molecular weight is 470 g/mol. The summed E-state index contributed by atoms with van der Waals surface area (Å²) in [7, 11) is 0. The zero-order valence-corrected chi connectivity index (χ0v) is 17.0. The van der Waals surface area contributed by atoms with E-state index in [0.717, 1.165) is 0 Å². The molecule has 2 rings (SSSR count). The first-order valence-electron chi connectivity index (χ1n) is 7.66. The fourth-order valence-corrected chi connectivity index (χ4v) is 2.87. The summed E-state index contributed by atoms with van der Waals surface area (Å²) in [5.74, 6) is 0.248. The first-order chi connectivity index (χ1) is 11.9. The molecule has 0 aliphatic heterocycles. The van der Waals surface area contributed by atoms with Crippen LogP contribution < -0.4 is 15.6 Å². The number of carbonyl (C=O) groups excluding carboxylic acids is 2. The van der Waals surface area contributed by atoms with E-state index in [9.17, 15) is 9.59 Å². The number of amides is 2. The molecule has 0 unspecified atom stereocenters. The predicted molar refractivity (Wildman–Crippen MR) is 104 cm³/mol. The maximum Gasteiger partial charge on any atom is 0.270 e. The summed E-state index contributed by atoms with van der Waals surface area (Å²) in [6.07, 6.45) is 0. The lowest BCUT2D eigenvalue weighted by molar-refractivity contribution is 0.0846. The minimum Gasteiger partial charge on any atom is -0.492 e. The van der Waals surface area contributed by atoms with Gasteiger partial charge < -0.3 is 4.74 Å². The summed E-state index contributed by atoms with van der Waals surface area (Å²) >= 11 is 6.69. The summed E-state index contributed by atoms with van der Waals surface area (Å²) in [4.78, 5) is 24.3. The quantitative estimate of drug-likeness (QED) is 0.640. The molecule has 0 radical (unpaired) electrons. The Bertz CT molecular complexity index is 779. The monoisotopic (exact) mass is 468 g/mol. The number of nitrogens with one attached hydrogen (secondary N) is 2. The second-order valence-electron chi connectivity index (χ2n) is 5.74. The van der Waals surface area contributed by atoms with E-state index >= 15 is 0 Å². The molecule has 0 atom stereocenters. The predicted octanol–water partition coefficient (Wildman–Crippen LogP) is 4.32. The van der Waals surface area contributed by atoms with Gasteiger partial charge in [-0.3, -0.25) is 20.4 Å². The van der Waals surface area contributed by atoms with Crippen LogP contribution in [0.5, 0.6) is 5.75 Å². The third-order valence-electron chi connectivity index (χ3n) is 3.17. The van der Waals surface area contributed by atoms with E-state index in [4.69, 9.17) is 4.74 Å². The molecule has 0 saturated carbocycles. The van der Waals surface area contributed by atoms with Crippen LogP contribution in [-0.4, -0.2) is 18.4 Å². The van der Waals surface area contributed by atoms with Crippen LogP contribution in [0.4, 0.5) is 0 Å². The number of rotatable bonds is 5. The number of hydrazine groups is 1. The summed E-state index contributed by atoms with van der Waals surface area (Å²) in [6.45, 7) is 4.71. The van der Waals surface area contributed by atoms with Gasteiger partial charge in [0.2, 0.25) is 0 Å². The van der Waals surface area contributed by atoms with Crippen LogP contribution in [0, 0.1) is 5.92 Å². The SMILES string of the molecule is CC(C)COc1ccc(C(=O)NNC(=O)c2ccccc2Br)cc1Br. The molecule has 0 heterocycles. The number of hydrogen-bond acceptors (Lipinski definition) is 3. The number of benzene rings is 2. The molecule has 132 valence electrons. The molecule has 2 amide bonds. The Hall–Kier alpha value is -1.86. The second-order valence-corrected chi connectivity index (χ2v) is 7.45. The van der Waals surface area contributed by atoms with Crippen molar-refractivity contribution in [2.24, 2.45) is 5.92 Å². The Balaban J connectivity index is 1.98. The molecule has 5 nitrogen and oxygen atoms in total. The van der Waals surface area contributed by atoms with Crippen LogP contribution in [0.25, 0.3) is 0 Å². The van der Waals surface area contributed by atoms with E-state index in [0.29, 0.717) is 38.3 Å². The molecule has 0 spiro atoms. The highest BCUT2D eigenvalue weighted by atomic mass is 79.9. The van der Waals surface area contributed by atoms with Gasteiger partial charge in [0.1, 0.15) is 5.75 Å². The van der Waals surface area contributed by atoms with Gasteiger partial charge in [-0.1, -0.05) is 26.0 Å². The Labute approximate surface area is 163 Å². The molecule has 0 aromatic heterocycles. The first kappa shape index (κ1) is 19.5. The van der Waals surface area contributed by atoms with E-state index in [1.54, 1.807) is 42.5 Å². The van der Waals surface area contributed by atoms with E-state index in [1.165, 1.54) is 0 Å². The Kier molecular flexibility index (Phi) is 7.01. The maximum atomic E-state index is 12.2. The van der Waals surface area contributed by atoms with Gasteiger partial charge in [-0.25, -0.2) is 0 Å². The summed E-state index contributed by atoms with van der Waals surface area (Å²) in [5.41, 5.74) is 5.63. The average Bonchev–Trinajstić information content (AvgIpc) is 2.58. The van der Waals surface area contributed by atoms with Crippen LogP contribution in [0.15, 0.2) is 51.4 Å². The highest BCUT2D eigenvalue weighted by Crippen LogP contribution is 2.26. The zero-order valence-electron chi connectivity index (χ0n) is 13.8. The third-order valence-corrected chi connectivity index (χ3v) is 4.49. The van der Waals surface area contributed by atoms with Crippen molar-refractivity contribution in [3.05, 3.63) is 62.5 Å². The van der Waals surface area contributed by atoms with Crippen molar-refractivity contribution in [2.75, 3.05) is 6.61 Å². The van der Waals surface area contributed by atoms with Crippen LogP contribution >= 0.6 is 31.9 Å². The van der Waals surface area contributed by atoms with Crippen molar-refractivity contribution < 1.29 is 14.3 Å². The van der Waals surface area contributed by atoms with Gasteiger partial charge in [-0.15, -0.1) is 0 Å². The Morgan fingerprint density at radius 2 is 1.68 bits per heavy atom. The molecule has 7 heteroatoms. The summed E-state index contributed by atoms with van der Waals surface area (Å²) in [6, 6.07) is 12.0. The number of hydrogen-bond donors (Lipinski definition) is 2. The van der Waals surface area contributed by atoms with Gasteiger partial charge in [0.05, 0.1) is 16.6 Å². The van der Waals surface area contributed by atoms with Gasteiger partial charge in [0.15, 0.2) is 0 Å². The molecule has 0 aliphatic rings. The van der Waals surface area contributed by atoms with Crippen molar-refractivity contribution in [3.8, 4) is 5.75 Å². The van der Waals surface area contributed by atoms with Gasteiger partial charge >= 0.3 is 0 Å². The summed E-state index contributed by atoms with van der Waals surface area (Å²) < 4.78 is 6.98. The number of halogens is 2. The molecule has 25 heavy (non-hydrogen) atoms. The van der Waals surface area contributed by atoms with Crippen LogP contribution in [0.3, 0.4) is 0 Å².